The van der Waals surface area contributed by atoms with Gasteiger partial charge in [-0.3, -0.25) is 0 Å². The maximum atomic E-state index is 11.0. The number of hydroxylamine groups is 4. The summed E-state index contributed by atoms with van der Waals surface area (Å²) in [6.45, 7) is 0. The first-order valence-electron chi connectivity index (χ1n) is 4.62. The number of hydrogen-bond acceptors (Lipinski definition) is 2. The standard InChI is InChI=1S/C8H18N2O2/c1-9(11)7-3-5-8(6-4-7)10(2)12/h7-10H,3-6H2,1-2H3. The minimum absolute atomic E-state index is 0.237. The number of nitrogens with one attached hydrogen (secondary N) is 2. The third-order valence-corrected chi connectivity index (χ3v) is 2.88. The lowest BCUT2D eigenvalue weighted by Crippen LogP contribution is -3.11. The highest BCUT2D eigenvalue weighted by molar-refractivity contribution is 4.70. The van der Waals surface area contributed by atoms with Crippen molar-refractivity contribution in [3.63, 3.8) is 0 Å². The molecule has 1 fully saturated rings. The van der Waals surface area contributed by atoms with Crippen LogP contribution in [0.3, 0.4) is 0 Å². The molecule has 1 saturated carbocycles. The minimum Gasteiger partial charge on any atom is -0.634 e. The van der Waals surface area contributed by atoms with Gasteiger partial charge in [-0.2, -0.15) is 0 Å². The van der Waals surface area contributed by atoms with Crippen molar-refractivity contribution < 1.29 is 10.1 Å². The summed E-state index contributed by atoms with van der Waals surface area (Å²) in [6.07, 6.45) is 3.66. The number of quaternary nitrogens is 2. The molecule has 2 unspecified atom stereocenters. The van der Waals surface area contributed by atoms with Crippen LogP contribution in [0.1, 0.15) is 25.7 Å². The molecule has 2 atom stereocenters. The van der Waals surface area contributed by atoms with Crippen molar-refractivity contribution in [3.05, 3.63) is 10.4 Å². The first-order chi connectivity index (χ1) is 5.61. The van der Waals surface area contributed by atoms with Crippen LogP contribution in [0.4, 0.5) is 0 Å². The fourth-order valence-corrected chi connectivity index (χ4v) is 1.91. The van der Waals surface area contributed by atoms with Crippen molar-refractivity contribution in [2.24, 2.45) is 0 Å². The molecule has 4 nitrogen and oxygen atoms in total. The van der Waals surface area contributed by atoms with Crippen LogP contribution in [0.2, 0.25) is 0 Å². The molecule has 72 valence electrons. The van der Waals surface area contributed by atoms with Crippen LogP contribution in [0, 0.1) is 10.4 Å². The van der Waals surface area contributed by atoms with E-state index in [1.165, 1.54) is 0 Å². The van der Waals surface area contributed by atoms with Crippen molar-refractivity contribution in [1.29, 1.82) is 0 Å². The first-order valence-corrected chi connectivity index (χ1v) is 4.62. The van der Waals surface area contributed by atoms with Crippen molar-refractivity contribution in [1.82, 2.24) is 0 Å². The normalized spacial score (nSPS) is 36.0. The van der Waals surface area contributed by atoms with Crippen LogP contribution in [-0.4, -0.2) is 26.2 Å². The van der Waals surface area contributed by atoms with E-state index in [-0.39, 0.29) is 22.2 Å². The van der Waals surface area contributed by atoms with Gasteiger partial charge in [0.15, 0.2) is 0 Å². The molecular weight excluding hydrogens is 156 g/mol. The molecule has 0 aliphatic heterocycles. The van der Waals surface area contributed by atoms with E-state index >= 15 is 0 Å². The van der Waals surface area contributed by atoms with Gasteiger partial charge < -0.3 is 20.5 Å². The Morgan fingerprint density at radius 2 is 1.08 bits per heavy atom. The van der Waals surface area contributed by atoms with E-state index in [4.69, 9.17) is 0 Å². The van der Waals surface area contributed by atoms with Crippen molar-refractivity contribution >= 4 is 0 Å². The van der Waals surface area contributed by atoms with E-state index in [2.05, 4.69) is 0 Å². The molecule has 1 aliphatic carbocycles. The molecule has 1 aliphatic rings. The Morgan fingerprint density at radius 1 is 0.833 bits per heavy atom. The summed E-state index contributed by atoms with van der Waals surface area (Å²) in [4.78, 5) is 0. The largest absolute Gasteiger partial charge is 0.634 e. The summed E-state index contributed by atoms with van der Waals surface area (Å²) in [5, 5.41) is 22.6. The third kappa shape index (κ3) is 2.42. The first kappa shape index (κ1) is 9.92. The highest BCUT2D eigenvalue weighted by Gasteiger charge is 2.25. The van der Waals surface area contributed by atoms with Crippen LogP contribution in [0.15, 0.2) is 0 Å². The topological polar surface area (TPSA) is 55.0 Å². The molecule has 4 heteroatoms. The highest BCUT2D eigenvalue weighted by Crippen LogP contribution is 2.14. The highest BCUT2D eigenvalue weighted by atomic mass is 16.5. The molecule has 0 heterocycles. The smallest absolute Gasteiger partial charge is 0.0874 e. The van der Waals surface area contributed by atoms with Crippen molar-refractivity contribution in [2.45, 2.75) is 37.8 Å². The lowest BCUT2D eigenvalue weighted by Gasteiger charge is -2.37. The number of hydrogen-bond donors (Lipinski definition) is 2. The summed E-state index contributed by atoms with van der Waals surface area (Å²) < 4.78 is 0. The maximum Gasteiger partial charge on any atom is 0.0874 e. The van der Waals surface area contributed by atoms with Crippen LogP contribution in [-0.2, 0) is 0 Å². The van der Waals surface area contributed by atoms with E-state index in [9.17, 15) is 10.4 Å². The second-order valence-corrected chi connectivity index (χ2v) is 3.77. The summed E-state index contributed by atoms with van der Waals surface area (Å²) in [6, 6.07) is 0.473. The fraction of sp³-hybridized carbons (Fsp3) is 1.00. The van der Waals surface area contributed by atoms with E-state index < -0.39 is 0 Å². The third-order valence-electron chi connectivity index (χ3n) is 2.88. The summed E-state index contributed by atoms with van der Waals surface area (Å²) >= 11 is 0. The van der Waals surface area contributed by atoms with Gasteiger partial charge in [0.1, 0.15) is 0 Å². The predicted octanol–water partition coefficient (Wildman–Crippen LogP) is -1.68. The second-order valence-electron chi connectivity index (χ2n) is 3.77. The zero-order valence-electron chi connectivity index (χ0n) is 7.80. The Balaban J connectivity index is 2.30. The van der Waals surface area contributed by atoms with Crippen LogP contribution < -0.4 is 10.1 Å². The molecule has 2 N–H and O–H groups in total. The van der Waals surface area contributed by atoms with Gasteiger partial charge in [-0.25, -0.2) is 0 Å². The van der Waals surface area contributed by atoms with Gasteiger partial charge in [0, 0.05) is 25.7 Å². The average Bonchev–Trinajstić information content (AvgIpc) is 2.04. The molecule has 0 bridgehead atoms. The molecule has 0 aromatic rings. The maximum absolute atomic E-state index is 11.0. The van der Waals surface area contributed by atoms with Crippen molar-refractivity contribution in [3.8, 4) is 0 Å². The Kier molecular flexibility index (Phi) is 3.46. The van der Waals surface area contributed by atoms with Gasteiger partial charge in [0.05, 0.1) is 26.2 Å². The molecule has 0 amide bonds. The monoisotopic (exact) mass is 174 g/mol. The van der Waals surface area contributed by atoms with E-state index in [1.807, 2.05) is 0 Å². The summed E-state index contributed by atoms with van der Waals surface area (Å²) in [5.74, 6) is 0. The Labute approximate surface area is 73.3 Å². The van der Waals surface area contributed by atoms with Crippen LogP contribution >= 0.6 is 0 Å². The summed E-state index contributed by atoms with van der Waals surface area (Å²) in [7, 11) is 3.30. The quantitative estimate of drug-likeness (QED) is 0.491. The molecule has 12 heavy (non-hydrogen) atoms. The molecule has 0 aromatic carbocycles. The minimum atomic E-state index is 0.237. The van der Waals surface area contributed by atoms with Gasteiger partial charge in [0.25, 0.3) is 0 Å². The van der Waals surface area contributed by atoms with Crippen molar-refractivity contribution in [2.75, 3.05) is 14.1 Å². The fourth-order valence-electron chi connectivity index (χ4n) is 1.91. The van der Waals surface area contributed by atoms with E-state index in [0.29, 0.717) is 0 Å². The number of rotatable bonds is 2. The van der Waals surface area contributed by atoms with Gasteiger partial charge >= 0.3 is 0 Å². The Morgan fingerprint density at radius 3 is 1.25 bits per heavy atom. The lowest BCUT2D eigenvalue weighted by atomic mass is 9.91. The predicted molar refractivity (Wildman–Crippen MR) is 46.6 cm³/mol. The molecule has 0 spiro atoms. The molecule has 1 rings (SSSR count). The van der Waals surface area contributed by atoms with Gasteiger partial charge in [-0.1, -0.05) is 0 Å². The van der Waals surface area contributed by atoms with Crippen LogP contribution in [0.5, 0.6) is 0 Å². The Bertz CT molecular complexity index is 115. The van der Waals surface area contributed by atoms with E-state index in [0.717, 1.165) is 25.7 Å². The molecule has 0 radical (unpaired) electrons. The van der Waals surface area contributed by atoms with Gasteiger partial charge in [-0.05, 0) is 0 Å². The van der Waals surface area contributed by atoms with Crippen LogP contribution in [0.25, 0.3) is 0 Å². The second kappa shape index (κ2) is 4.18. The summed E-state index contributed by atoms with van der Waals surface area (Å²) in [5.41, 5.74) is 0. The van der Waals surface area contributed by atoms with Gasteiger partial charge in [-0.15, -0.1) is 0 Å². The zero-order chi connectivity index (χ0) is 9.14. The molecular formula is C8H18N2O2. The van der Waals surface area contributed by atoms with E-state index in [1.54, 1.807) is 14.1 Å². The SMILES string of the molecule is C[NH+]([O-])C1CCC([NH+](C)[O-])CC1. The lowest BCUT2D eigenvalue weighted by molar-refractivity contribution is -0.873. The Hall–Kier alpha value is -0.160. The zero-order valence-corrected chi connectivity index (χ0v) is 7.80. The molecule has 0 saturated heterocycles. The molecule has 0 aromatic heterocycles. The van der Waals surface area contributed by atoms with Gasteiger partial charge in [0.2, 0.25) is 0 Å². The average molecular weight is 174 g/mol.